The topological polar surface area (TPSA) is 95.6 Å². The van der Waals surface area contributed by atoms with Gasteiger partial charge in [0.15, 0.2) is 9.84 Å². The van der Waals surface area contributed by atoms with Gasteiger partial charge in [-0.05, 0) is 58.5 Å². The summed E-state index contributed by atoms with van der Waals surface area (Å²) in [6, 6.07) is 7.19. The average molecular weight is 456 g/mol. The zero-order valence-corrected chi connectivity index (χ0v) is 16.6. The molecule has 0 aliphatic heterocycles. The number of rotatable bonds is 6. The van der Waals surface area contributed by atoms with Gasteiger partial charge in [-0.15, -0.1) is 10.2 Å². The van der Waals surface area contributed by atoms with Crippen molar-refractivity contribution in [1.82, 2.24) is 29.5 Å². The minimum Gasteiger partial charge on any atom is -0.233 e. The molecular formula is C13H10Cl4N6O2S. The molecule has 138 valence electrons. The van der Waals surface area contributed by atoms with Gasteiger partial charge < -0.3 is 0 Å². The number of halogens is 4. The van der Waals surface area contributed by atoms with Crippen LogP contribution in [0.5, 0.6) is 0 Å². The Morgan fingerprint density at radius 1 is 0.923 bits per heavy atom. The fraction of sp³-hybridized carbons (Fsp3) is 0.231. The lowest BCUT2D eigenvalue weighted by atomic mass is 10.3. The lowest BCUT2D eigenvalue weighted by Gasteiger charge is -2.18. The molecule has 0 saturated heterocycles. The molecule has 13 heteroatoms. The van der Waals surface area contributed by atoms with Crippen LogP contribution in [-0.2, 0) is 16.4 Å². The second kappa shape index (κ2) is 7.69. The minimum absolute atomic E-state index is 0.000515. The van der Waals surface area contributed by atoms with E-state index in [1.54, 1.807) is 18.2 Å². The molecule has 0 radical (unpaired) electrons. The van der Waals surface area contributed by atoms with Crippen LogP contribution >= 0.6 is 46.4 Å². The molecule has 0 N–H and O–H groups in total. The Labute approximate surface area is 168 Å². The Hall–Kier alpha value is -1.39. The quantitative estimate of drug-likeness (QED) is 0.566. The van der Waals surface area contributed by atoms with Crippen molar-refractivity contribution in [3.05, 3.63) is 51.5 Å². The van der Waals surface area contributed by atoms with Crippen LogP contribution < -0.4 is 0 Å². The van der Waals surface area contributed by atoms with Gasteiger partial charge in [-0.2, -0.15) is 9.97 Å². The average Bonchev–Trinajstić information content (AvgIpc) is 3.08. The summed E-state index contributed by atoms with van der Waals surface area (Å²) in [7, 11) is -3.67. The van der Waals surface area contributed by atoms with Gasteiger partial charge in [0, 0.05) is 0 Å². The van der Waals surface area contributed by atoms with E-state index < -0.39 is 15.9 Å². The van der Waals surface area contributed by atoms with Crippen molar-refractivity contribution in [3.8, 4) is 0 Å². The van der Waals surface area contributed by atoms with E-state index in [1.807, 2.05) is 0 Å². The van der Waals surface area contributed by atoms with Crippen LogP contribution in [0.4, 0.5) is 0 Å². The highest BCUT2D eigenvalue weighted by Crippen LogP contribution is 2.24. The maximum absolute atomic E-state index is 12.8. The Bertz CT molecular complexity index is 1020. The van der Waals surface area contributed by atoms with Gasteiger partial charge in [-0.25, -0.2) is 17.8 Å². The molecule has 0 spiro atoms. The number of hydrogen-bond acceptors (Lipinski definition) is 6. The molecular weight excluding hydrogens is 446 g/mol. The molecule has 0 aliphatic carbocycles. The summed E-state index contributed by atoms with van der Waals surface area (Å²) < 4.78 is 28.0. The van der Waals surface area contributed by atoms with E-state index in [1.165, 1.54) is 21.5 Å². The van der Waals surface area contributed by atoms with Crippen molar-refractivity contribution in [2.45, 2.75) is 17.5 Å². The van der Waals surface area contributed by atoms with Crippen LogP contribution in [0.2, 0.25) is 21.1 Å². The maximum Gasteiger partial charge on any atom is 0.243 e. The van der Waals surface area contributed by atoms with Crippen LogP contribution in [-0.4, -0.2) is 43.7 Å². The number of nitrogens with zero attached hydrogens (tertiary/aromatic N) is 6. The van der Waals surface area contributed by atoms with Gasteiger partial charge in [-0.1, -0.05) is 18.2 Å². The van der Waals surface area contributed by atoms with Crippen molar-refractivity contribution in [3.63, 3.8) is 0 Å². The third-order valence-electron chi connectivity index (χ3n) is 3.41. The molecule has 1 aromatic carbocycles. The van der Waals surface area contributed by atoms with Gasteiger partial charge >= 0.3 is 0 Å². The predicted octanol–water partition coefficient (Wildman–Crippen LogP) is 3.20. The summed E-state index contributed by atoms with van der Waals surface area (Å²) in [4.78, 5) is 7.72. The minimum atomic E-state index is -3.67. The van der Waals surface area contributed by atoms with Gasteiger partial charge in [-0.3, -0.25) is 0 Å². The predicted molar refractivity (Wildman–Crippen MR) is 97.6 cm³/mol. The zero-order valence-electron chi connectivity index (χ0n) is 12.8. The van der Waals surface area contributed by atoms with E-state index in [9.17, 15) is 8.42 Å². The first-order valence-electron chi connectivity index (χ1n) is 7.07. The standard InChI is InChI=1S/C13H10Cl4N6O2S/c14-10-18-12(16)22(20-10)6-8(23-13(17)19-11(15)21-23)7-26(24,25)9-4-2-1-3-5-9/h1-5,8H,6-7H2. The Morgan fingerprint density at radius 2 is 1.54 bits per heavy atom. The van der Waals surface area contributed by atoms with E-state index in [0.717, 1.165) is 0 Å². The van der Waals surface area contributed by atoms with Crippen LogP contribution in [0.25, 0.3) is 0 Å². The fourth-order valence-corrected chi connectivity index (χ4v) is 4.68. The summed E-state index contributed by atoms with van der Waals surface area (Å²) in [5.74, 6) is -0.343. The Kier molecular flexibility index (Phi) is 5.73. The van der Waals surface area contributed by atoms with Gasteiger partial charge in [0.1, 0.15) is 0 Å². The van der Waals surface area contributed by atoms with Gasteiger partial charge in [0.05, 0.1) is 23.2 Å². The first kappa shape index (κ1) is 19.4. The molecule has 26 heavy (non-hydrogen) atoms. The van der Waals surface area contributed by atoms with E-state index in [4.69, 9.17) is 46.4 Å². The molecule has 3 rings (SSSR count). The van der Waals surface area contributed by atoms with Crippen molar-refractivity contribution in [2.24, 2.45) is 0 Å². The molecule has 1 atom stereocenters. The lowest BCUT2D eigenvalue weighted by Crippen LogP contribution is -2.26. The largest absolute Gasteiger partial charge is 0.243 e. The third kappa shape index (κ3) is 4.29. The first-order valence-corrected chi connectivity index (χ1v) is 10.2. The summed E-state index contributed by atoms with van der Waals surface area (Å²) in [6.07, 6.45) is 0. The highest BCUT2D eigenvalue weighted by atomic mass is 35.5. The first-order chi connectivity index (χ1) is 12.3. The van der Waals surface area contributed by atoms with Crippen molar-refractivity contribution in [1.29, 1.82) is 0 Å². The van der Waals surface area contributed by atoms with Crippen molar-refractivity contribution in [2.75, 3.05) is 5.75 Å². The molecule has 1 unspecified atom stereocenters. The molecule has 2 aromatic heterocycles. The van der Waals surface area contributed by atoms with E-state index in [2.05, 4.69) is 20.2 Å². The number of sulfone groups is 1. The Morgan fingerprint density at radius 3 is 2.08 bits per heavy atom. The normalized spacial score (nSPS) is 13.1. The second-order valence-electron chi connectivity index (χ2n) is 5.17. The molecule has 0 bridgehead atoms. The molecule has 0 saturated carbocycles. The number of aromatic nitrogens is 6. The monoisotopic (exact) mass is 454 g/mol. The second-order valence-corrected chi connectivity index (χ2v) is 8.56. The smallest absolute Gasteiger partial charge is 0.233 e. The molecule has 0 aliphatic rings. The number of hydrogen-bond donors (Lipinski definition) is 0. The summed E-state index contributed by atoms with van der Waals surface area (Å²) in [5, 5.41) is 7.64. The molecule has 3 aromatic rings. The van der Waals surface area contributed by atoms with Crippen LogP contribution in [0, 0.1) is 0 Å². The van der Waals surface area contributed by atoms with Crippen LogP contribution in [0.1, 0.15) is 6.04 Å². The number of benzene rings is 1. The summed E-state index contributed by atoms with van der Waals surface area (Å²) in [5.41, 5.74) is 0. The van der Waals surface area contributed by atoms with Crippen molar-refractivity contribution < 1.29 is 8.42 Å². The summed E-state index contributed by atoms with van der Waals surface area (Å²) in [6.45, 7) is -0.00990. The molecule has 0 fully saturated rings. The Balaban J connectivity index is 1.98. The lowest BCUT2D eigenvalue weighted by molar-refractivity contribution is 0.404. The van der Waals surface area contributed by atoms with Gasteiger partial charge in [0.25, 0.3) is 0 Å². The fourth-order valence-electron chi connectivity index (χ4n) is 2.30. The molecule has 8 nitrogen and oxygen atoms in total. The van der Waals surface area contributed by atoms with Gasteiger partial charge in [0.2, 0.25) is 21.1 Å². The van der Waals surface area contributed by atoms with Crippen LogP contribution in [0.15, 0.2) is 35.2 Å². The van der Waals surface area contributed by atoms with Crippen molar-refractivity contribution >= 4 is 56.2 Å². The molecule has 2 heterocycles. The van der Waals surface area contributed by atoms with E-state index in [0.29, 0.717) is 0 Å². The third-order valence-corrected chi connectivity index (χ3v) is 6.08. The zero-order chi connectivity index (χ0) is 18.9. The van der Waals surface area contributed by atoms with E-state index in [-0.39, 0.29) is 38.3 Å². The highest BCUT2D eigenvalue weighted by Gasteiger charge is 2.27. The highest BCUT2D eigenvalue weighted by molar-refractivity contribution is 7.91. The van der Waals surface area contributed by atoms with Crippen LogP contribution in [0.3, 0.4) is 0 Å². The van der Waals surface area contributed by atoms with E-state index >= 15 is 0 Å². The maximum atomic E-state index is 12.8. The SMILES string of the molecule is O=S(=O)(CC(Cn1nc(Cl)nc1Cl)n1nc(Cl)nc1Cl)c1ccccc1. The summed E-state index contributed by atoms with van der Waals surface area (Å²) >= 11 is 23.5. The molecule has 0 amide bonds.